The van der Waals surface area contributed by atoms with Crippen LogP contribution in [0.5, 0.6) is 5.75 Å². The van der Waals surface area contributed by atoms with Gasteiger partial charge in [0.05, 0.1) is 12.2 Å². The molecule has 0 saturated heterocycles. The first-order valence-electron chi connectivity index (χ1n) is 14.7. The normalized spacial score (nSPS) is 17.2. The number of hydrogen-bond donors (Lipinski definition) is 2. The number of amides is 1. The lowest BCUT2D eigenvalue weighted by Crippen LogP contribution is -2.49. The van der Waals surface area contributed by atoms with E-state index in [1.54, 1.807) is 72.8 Å². The quantitative estimate of drug-likeness (QED) is 0.0502. The van der Waals surface area contributed by atoms with Gasteiger partial charge < -0.3 is 19.9 Å². The SMILES string of the molecule is [N-]=[N+]=Nc1ccccc1[C@H]1OC(c2ccc(OCCCO)cc2)=N[C@@]1(Cc1ccccc1Br)C(=O)NCc1cc(F)cc(C(F)(F)F)c1. The average Bonchev–Trinajstić information content (AvgIpc) is 3.45. The predicted molar refractivity (Wildman–Crippen MR) is 173 cm³/mol. The fourth-order valence-electron chi connectivity index (χ4n) is 5.29. The van der Waals surface area contributed by atoms with Gasteiger partial charge in [0, 0.05) is 52.2 Å². The van der Waals surface area contributed by atoms with Gasteiger partial charge in [0.1, 0.15) is 11.6 Å². The van der Waals surface area contributed by atoms with Crippen LogP contribution in [0, 0.1) is 5.82 Å². The molecule has 1 aliphatic heterocycles. The Bertz CT molecular complexity index is 1870. The van der Waals surface area contributed by atoms with Crippen molar-refractivity contribution in [2.24, 2.45) is 10.1 Å². The molecule has 0 aromatic heterocycles. The van der Waals surface area contributed by atoms with Crippen LogP contribution in [0.2, 0.25) is 0 Å². The monoisotopic (exact) mass is 725 g/mol. The van der Waals surface area contributed by atoms with Gasteiger partial charge in [-0.15, -0.1) is 0 Å². The third kappa shape index (κ3) is 7.79. The van der Waals surface area contributed by atoms with E-state index in [4.69, 9.17) is 19.6 Å². The molecule has 0 aliphatic carbocycles. The third-order valence-corrected chi connectivity index (χ3v) is 8.33. The molecule has 0 fully saturated rings. The van der Waals surface area contributed by atoms with Crippen LogP contribution in [-0.4, -0.2) is 35.7 Å². The number of alkyl halides is 3. The highest BCUT2D eigenvalue weighted by Crippen LogP contribution is 2.46. The Morgan fingerprint density at radius 1 is 1.08 bits per heavy atom. The zero-order valence-electron chi connectivity index (χ0n) is 25.1. The molecule has 1 aliphatic rings. The van der Waals surface area contributed by atoms with Crippen molar-refractivity contribution < 1.29 is 36.9 Å². The Morgan fingerprint density at radius 3 is 2.52 bits per heavy atom. The molecular weight excluding hydrogens is 698 g/mol. The van der Waals surface area contributed by atoms with Crippen LogP contribution in [0.15, 0.2) is 106 Å². The number of rotatable bonds is 12. The van der Waals surface area contributed by atoms with Crippen molar-refractivity contribution >= 4 is 33.4 Å². The van der Waals surface area contributed by atoms with Crippen LogP contribution >= 0.6 is 15.9 Å². The standard InChI is InChI=1S/C34H28BrF4N5O4/c35-28-8-3-1-6-23(28)19-33(32(46)41-20-21-16-24(34(37,38)39)18-25(36)17-21)30(27-7-2-4-9-29(27)43-44-40)48-31(42-33)22-10-12-26(13-11-22)47-15-5-14-45/h1-4,6-13,16-18,30,45H,5,14-15,19-20H2,(H,41,46)/t30-,33-/m1/s1. The molecule has 2 N–H and O–H groups in total. The van der Waals surface area contributed by atoms with Crippen LogP contribution in [0.1, 0.15) is 40.3 Å². The van der Waals surface area contributed by atoms with Gasteiger partial charge in [0.15, 0.2) is 11.6 Å². The van der Waals surface area contributed by atoms with E-state index in [0.717, 1.165) is 12.1 Å². The molecule has 1 amide bonds. The third-order valence-electron chi connectivity index (χ3n) is 7.56. The predicted octanol–water partition coefficient (Wildman–Crippen LogP) is 8.13. The van der Waals surface area contributed by atoms with Gasteiger partial charge in [0.25, 0.3) is 5.91 Å². The number of aliphatic imine (C=N–C) groups is 1. The summed E-state index contributed by atoms with van der Waals surface area (Å²) < 4.78 is 67.3. The Balaban J connectivity index is 1.61. The molecule has 14 heteroatoms. The number of aliphatic hydroxyl groups excluding tert-OH is 1. The first-order chi connectivity index (χ1) is 23.0. The van der Waals surface area contributed by atoms with Crippen molar-refractivity contribution in [3.8, 4) is 5.75 Å². The van der Waals surface area contributed by atoms with Gasteiger partial charge in [-0.3, -0.25) is 4.79 Å². The summed E-state index contributed by atoms with van der Waals surface area (Å²) in [5, 5.41) is 15.5. The molecule has 4 aromatic carbocycles. The maximum absolute atomic E-state index is 14.5. The van der Waals surface area contributed by atoms with E-state index >= 15 is 0 Å². The van der Waals surface area contributed by atoms with Crippen molar-refractivity contribution in [1.29, 1.82) is 0 Å². The van der Waals surface area contributed by atoms with Crippen molar-refractivity contribution in [3.63, 3.8) is 0 Å². The smallest absolute Gasteiger partial charge is 0.416 e. The van der Waals surface area contributed by atoms with Crippen molar-refractivity contribution in [3.05, 3.63) is 140 Å². The molecule has 0 saturated carbocycles. The summed E-state index contributed by atoms with van der Waals surface area (Å²) in [5.41, 5.74) is 7.87. The number of carbonyl (C=O) groups is 1. The number of benzene rings is 4. The Kier molecular flexibility index (Phi) is 10.7. The minimum absolute atomic E-state index is 0.0220. The molecule has 9 nitrogen and oxygen atoms in total. The lowest BCUT2D eigenvalue weighted by Gasteiger charge is -2.31. The van der Waals surface area contributed by atoms with Crippen molar-refractivity contribution in [2.45, 2.75) is 37.2 Å². The maximum atomic E-state index is 14.5. The van der Waals surface area contributed by atoms with E-state index in [1.807, 2.05) is 0 Å². The molecule has 5 rings (SSSR count). The lowest BCUT2D eigenvalue weighted by molar-refractivity contribution is -0.137. The topological polar surface area (TPSA) is 129 Å². The summed E-state index contributed by atoms with van der Waals surface area (Å²) in [7, 11) is 0. The molecule has 0 radical (unpaired) electrons. The van der Waals surface area contributed by atoms with Crippen LogP contribution in [0.4, 0.5) is 23.2 Å². The number of carbonyl (C=O) groups excluding carboxylic acids is 1. The minimum Gasteiger partial charge on any atom is -0.494 e. The van der Waals surface area contributed by atoms with Crippen LogP contribution in [0.25, 0.3) is 10.4 Å². The molecule has 2 atom stereocenters. The van der Waals surface area contributed by atoms with Gasteiger partial charge >= 0.3 is 6.18 Å². The van der Waals surface area contributed by atoms with Crippen LogP contribution < -0.4 is 10.1 Å². The second-order valence-electron chi connectivity index (χ2n) is 10.8. The largest absolute Gasteiger partial charge is 0.494 e. The summed E-state index contributed by atoms with van der Waals surface area (Å²) in [4.78, 5) is 22.3. The van der Waals surface area contributed by atoms with E-state index in [-0.39, 0.29) is 30.2 Å². The van der Waals surface area contributed by atoms with Crippen LogP contribution in [-0.2, 0) is 28.7 Å². The molecular formula is C34H28BrF4N5O4. The van der Waals surface area contributed by atoms with E-state index in [1.165, 1.54) is 0 Å². The lowest BCUT2D eigenvalue weighted by atomic mass is 9.81. The Labute approximate surface area is 281 Å². The number of halogens is 5. The summed E-state index contributed by atoms with van der Waals surface area (Å²) >= 11 is 3.53. The summed E-state index contributed by atoms with van der Waals surface area (Å²) in [6.45, 7) is -0.171. The van der Waals surface area contributed by atoms with Gasteiger partial charge in [-0.25, -0.2) is 9.38 Å². The maximum Gasteiger partial charge on any atom is 0.416 e. The molecule has 48 heavy (non-hydrogen) atoms. The summed E-state index contributed by atoms with van der Waals surface area (Å²) in [6, 6.07) is 22.4. The van der Waals surface area contributed by atoms with Crippen molar-refractivity contribution in [1.82, 2.24) is 5.32 Å². The first-order valence-corrected chi connectivity index (χ1v) is 15.5. The van der Waals surface area contributed by atoms with E-state index in [0.29, 0.717) is 46.0 Å². The first kappa shape index (κ1) is 34.4. The van der Waals surface area contributed by atoms with Gasteiger partial charge in [-0.05, 0) is 65.2 Å². The average molecular weight is 727 g/mol. The molecule has 248 valence electrons. The molecule has 0 bridgehead atoms. The van der Waals surface area contributed by atoms with E-state index in [2.05, 4.69) is 31.3 Å². The fourth-order valence-corrected chi connectivity index (χ4v) is 5.72. The molecule has 4 aromatic rings. The van der Waals surface area contributed by atoms with E-state index in [9.17, 15) is 27.9 Å². The number of ether oxygens (including phenoxy) is 2. The zero-order chi connectivity index (χ0) is 34.3. The number of azide groups is 1. The molecule has 0 unspecified atom stereocenters. The Morgan fingerprint density at radius 2 is 1.81 bits per heavy atom. The molecule has 0 spiro atoms. The highest BCUT2D eigenvalue weighted by atomic mass is 79.9. The summed E-state index contributed by atoms with van der Waals surface area (Å²) in [6.07, 6.45) is -5.59. The van der Waals surface area contributed by atoms with Crippen LogP contribution in [0.3, 0.4) is 0 Å². The van der Waals surface area contributed by atoms with E-state index < -0.39 is 41.7 Å². The fraction of sp³-hybridized carbons (Fsp3) is 0.235. The number of nitrogens with one attached hydrogen (secondary N) is 1. The van der Waals surface area contributed by atoms with Gasteiger partial charge in [-0.2, -0.15) is 13.2 Å². The number of nitrogens with zero attached hydrogens (tertiary/aromatic N) is 4. The highest BCUT2D eigenvalue weighted by molar-refractivity contribution is 9.10. The van der Waals surface area contributed by atoms with Gasteiger partial charge in [-0.1, -0.05) is 63.5 Å². The molecule has 1 heterocycles. The number of hydrogen-bond acceptors (Lipinski definition) is 6. The van der Waals surface area contributed by atoms with Crippen molar-refractivity contribution in [2.75, 3.05) is 13.2 Å². The minimum atomic E-state index is -4.80. The zero-order valence-corrected chi connectivity index (χ0v) is 26.7. The second kappa shape index (κ2) is 14.9. The highest BCUT2D eigenvalue weighted by Gasteiger charge is 2.54. The summed E-state index contributed by atoms with van der Waals surface area (Å²) in [5.74, 6) is -1.23. The Hall–Kier alpha value is -4.91. The van der Waals surface area contributed by atoms with Gasteiger partial charge in [0.2, 0.25) is 5.90 Å². The number of aliphatic hydroxyl groups is 1. The second-order valence-corrected chi connectivity index (χ2v) is 11.7.